The molecule has 0 spiro atoms. The van der Waals surface area contributed by atoms with E-state index in [1.807, 2.05) is 57.8 Å². The van der Waals surface area contributed by atoms with Gasteiger partial charge in [-0.3, -0.25) is 4.57 Å². The van der Waals surface area contributed by atoms with Crippen LogP contribution in [0.25, 0.3) is 5.65 Å². The quantitative estimate of drug-likeness (QED) is 0.279. The summed E-state index contributed by atoms with van der Waals surface area (Å²) in [4.78, 5) is 4.65. The topological polar surface area (TPSA) is 57.2 Å². The highest BCUT2D eigenvalue weighted by Gasteiger charge is 2.15. The Hall–Kier alpha value is -3.06. The predicted molar refractivity (Wildman–Crippen MR) is 124 cm³/mol. The number of pyridine rings is 1. The highest BCUT2D eigenvalue weighted by atomic mass is 32.2. The van der Waals surface area contributed by atoms with Gasteiger partial charge in [0.15, 0.2) is 11.0 Å². The van der Waals surface area contributed by atoms with Crippen LogP contribution in [0.2, 0.25) is 0 Å². The number of rotatable bonds is 8. The number of imidazole rings is 1. The van der Waals surface area contributed by atoms with Crippen LogP contribution >= 0.6 is 11.8 Å². The molecule has 0 amide bonds. The summed E-state index contributed by atoms with van der Waals surface area (Å²) in [6, 6.07) is 14.2. The summed E-state index contributed by atoms with van der Waals surface area (Å²) in [6.07, 6.45) is 5.89. The third kappa shape index (κ3) is 4.99. The Bertz CT molecular complexity index is 1140. The molecule has 0 bridgehead atoms. The smallest absolute Gasteiger partial charge is 0.191 e. The van der Waals surface area contributed by atoms with Gasteiger partial charge in [-0.25, -0.2) is 4.98 Å². The Kier molecular flexibility index (Phi) is 6.13. The van der Waals surface area contributed by atoms with Gasteiger partial charge in [-0.15, -0.1) is 16.8 Å². The van der Waals surface area contributed by atoms with Crippen molar-refractivity contribution in [2.45, 2.75) is 50.2 Å². The van der Waals surface area contributed by atoms with Crippen molar-refractivity contribution in [3.05, 3.63) is 84.6 Å². The molecule has 4 rings (SSSR count). The van der Waals surface area contributed by atoms with Crippen LogP contribution in [-0.4, -0.2) is 24.1 Å². The maximum Gasteiger partial charge on any atom is 0.191 e. The number of allylic oxidation sites excluding steroid dienone is 1. The summed E-state index contributed by atoms with van der Waals surface area (Å²) in [7, 11) is 0. The van der Waals surface area contributed by atoms with E-state index >= 15 is 0 Å². The average molecular weight is 434 g/mol. The first-order valence-electron chi connectivity index (χ1n) is 10.3. The summed E-state index contributed by atoms with van der Waals surface area (Å²) in [6.45, 7) is 11.5. The highest BCUT2D eigenvalue weighted by Crippen LogP contribution is 2.25. The maximum absolute atomic E-state index is 5.98. The van der Waals surface area contributed by atoms with Crippen molar-refractivity contribution in [3.8, 4) is 5.75 Å². The fraction of sp³-hybridized carbons (Fsp3) is 0.292. The largest absolute Gasteiger partial charge is 0.486 e. The van der Waals surface area contributed by atoms with Crippen molar-refractivity contribution >= 4 is 17.4 Å². The lowest BCUT2D eigenvalue weighted by Crippen LogP contribution is -2.11. The molecule has 3 aromatic heterocycles. The van der Waals surface area contributed by atoms with Gasteiger partial charge in [-0.05, 0) is 35.2 Å². The van der Waals surface area contributed by atoms with Crippen LogP contribution in [0.1, 0.15) is 37.9 Å². The van der Waals surface area contributed by atoms with Gasteiger partial charge < -0.3 is 9.14 Å². The van der Waals surface area contributed by atoms with E-state index in [2.05, 4.69) is 54.7 Å². The minimum atomic E-state index is 0.121. The molecule has 0 fully saturated rings. The summed E-state index contributed by atoms with van der Waals surface area (Å²) in [5.41, 5.74) is 3.34. The van der Waals surface area contributed by atoms with Crippen LogP contribution < -0.4 is 4.74 Å². The fourth-order valence-electron chi connectivity index (χ4n) is 3.24. The molecule has 0 radical (unpaired) electrons. The van der Waals surface area contributed by atoms with Crippen LogP contribution in [-0.2, 0) is 24.3 Å². The molecule has 6 nitrogen and oxygen atoms in total. The van der Waals surface area contributed by atoms with Gasteiger partial charge in [0.1, 0.15) is 18.0 Å². The lowest BCUT2D eigenvalue weighted by molar-refractivity contribution is 0.289. The average Bonchev–Trinajstić information content (AvgIpc) is 3.34. The molecule has 0 N–H and O–H groups in total. The second-order valence-corrected chi connectivity index (χ2v) is 9.29. The van der Waals surface area contributed by atoms with Crippen LogP contribution in [0.15, 0.2) is 72.7 Å². The first kappa shape index (κ1) is 21.2. The minimum absolute atomic E-state index is 0.121. The second kappa shape index (κ2) is 8.98. The van der Waals surface area contributed by atoms with E-state index in [1.54, 1.807) is 11.8 Å². The molecule has 0 aliphatic rings. The number of hydrogen-bond acceptors (Lipinski definition) is 5. The monoisotopic (exact) mass is 433 g/mol. The first-order valence-corrected chi connectivity index (χ1v) is 11.2. The molecule has 0 atom stereocenters. The SMILES string of the molecule is C=CCn1c(COc2ccc(C(C)(C)C)cc2)nnc1SCc1cn2ccccc2n1. The van der Waals surface area contributed by atoms with E-state index in [-0.39, 0.29) is 5.41 Å². The Balaban J connectivity index is 1.43. The van der Waals surface area contributed by atoms with Gasteiger partial charge >= 0.3 is 0 Å². The Morgan fingerprint density at radius 3 is 2.61 bits per heavy atom. The van der Waals surface area contributed by atoms with Gasteiger partial charge in [0, 0.05) is 24.7 Å². The molecule has 160 valence electrons. The molecule has 0 saturated carbocycles. The van der Waals surface area contributed by atoms with Crippen molar-refractivity contribution in [1.82, 2.24) is 24.1 Å². The van der Waals surface area contributed by atoms with Crippen molar-refractivity contribution in [2.24, 2.45) is 0 Å². The molecule has 1 aromatic carbocycles. The van der Waals surface area contributed by atoms with Gasteiger partial charge in [0.2, 0.25) is 0 Å². The van der Waals surface area contributed by atoms with Crippen molar-refractivity contribution in [1.29, 1.82) is 0 Å². The number of fused-ring (bicyclic) bond motifs is 1. The molecule has 3 heterocycles. The molecule has 7 heteroatoms. The number of hydrogen-bond donors (Lipinski definition) is 0. The van der Waals surface area contributed by atoms with E-state index in [0.29, 0.717) is 18.9 Å². The van der Waals surface area contributed by atoms with Crippen LogP contribution in [0.3, 0.4) is 0 Å². The number of nitrogens with zero attached hydrogens (tertiary/aromatic N) is 5. The van der Waals surface area contributed by atoms with E-state index in [1.165, 1.54) is 5.56 Å². The molecular formula is C24H27N5OS. The van der Waals surface area contributed by atoms with Crippen LogP contribution in [0.4, 0.5) is 0 Å². The fourth-order valence-corrected chi connectivity index (χ4v) is 4.09. The minimum Gasteiger partial charge on any atom is -0.486 e. The van der Waals surface area contributed by atoms with E-state index in [4.69, 9.17) is 4.74 Å². The van der Waals surface area contributed by atoms with E-state index in [0.717, 1.165) is 28.1 Å². The Labute approximate surface area is 187 Å². The zero-order valence-electron chi connectivity index (χ0n) is 18.2. The lowest BCUT2D eigenvalue weighted by Gasteiger charge is -2.19. The number of thioether (sulfide) groups is 1. The van der Waals surface area contributed by atoms with E-state index in [9.17, 15) is 0 Å². The maximum atomic E-state index is 5.98. The molecule has 31 heavy (non-hydrogen) atoms. The highest BCUT2D eigenvalue weighted by molar-refractivity contribution is 7.98. The van der Waals surface area contributed by atoms with Gasteiger partial charge in [-0.2, -0.15) is 0 Å². The molecule has 0 saturated heterocycles. The van der Waals surface area contributed by atoms with Crippen molar-refractivity contribution in [3.63, 3.8) is 0 Å². The molecule has 0 aliphatic carbocycles. The van der Waals surface area contributed by atoms with Crippen LogP contribution in [0, 0.1) is 0 Å². The molecular weight excluding hydrogens is 406 g/mol. The molecule has 4 aromatic rings. The summed E-state index contributed by atoms with van der Waals surface area (Å²) < 4.78 is 10.0. The summed E-state index contributed by atoms with van der Waals surface area (Å²) in [5.74, 6) is 2.31. The standard InChI is InChI=1S/C24H27N5OS/c1-5-13-29-22(16-30-20-11-9-18(10-12-20)24(2,3)4)26-27-23(29)31-17-19-15-28-14-7-6-8-21(28)25-19/h5-12,14-15H,1,13,16-17H2,2-4H3. The van der Waals surface area contributed by atoms with Gasteiger partial charge in [-0.1, -0.05) is 56.8 Å². The number of aromatic nitrogens is 5. The van der Waals surface area contributed by atoms with Gasteiger partial charge in [0.25, 0.3) is 0 Å². The van der Waals surface area contributed by atoms with E-state index < -0.39 is 0 Å². The normalized spacial score (nSPS) is 11.7. The summed E-state index contributed by atoms with van der Waals surface area (Å²) in [5, 5.41) is 9.56. The summed E-state index contributed by atoms with van der Waals surface area (Å²) >= 11 is 1.61. The number of benzene rings is 1. The first-order chi connectivity index (χ1) is 14.9. The third-order valence-electron chi connectivity index (χ3n) is 4.96. The van der Waals surface area contributed by atoms with Crippen molar-refractivity contribution in [2.75, 3.05) is 0 Å². The second-order valence-electron chi connectivity index (χ2n) is 8.35. The molecule has 0 aliphatic heterocycles. The predicted octanol–water partition coefficient (Wildman–Crippen LogP) is 5.28. The third-order valence-corrected chi connectivity index (χ3v) is 5.96. The van der Waals surface area contributed by atoms with Gasteiger partial charge in [0.05, 0.1) is 5.69 Å². The zero-order chi connectivity index (χ0) is 21.8. The number of ether oxygens (including phenoxy) is 1. The Morgan fingerprint density at radius 1 is 1.10 bits per heavy atom. The van der Waals surface area contributed by atoms with Crippen molar-refractivity contribution < 1.29 is 4.74 Å². The Morgan fingerprint density at radius 2 is 1.90 bits per heavy atom. The lowest BCUT2D eigenvalue weighted by atomic mass is 9.87. The molecule has 0 unspecified atom stereocenters. The zero-order valence-corrected chi connectivity index (χ0v) is 19.0. The van der Waals surface area contributed by atoms with Crippen LogP contribution in [0.5, 0.6) is 5.75 Å².